The highest BCUT2D eigenvalue weighted by molar-refractivity contribution is 7.92. The molecule has 0 aliphatic rings. The van der Waals surface area contributed by atoms with Gasteiger partial charge in [0.05, 0.1) is 13.7 Å². The predicted octanol–water partition coefficient (Wildman–Crippen LogP) is 4.39. The molecule has 33 heavy (non-hydrogen) atoms. The molecule has 3 aromatic rings. The quantitative estimate of drug-likeness (QED) is 0.407. The first kappa shape index (κ1) is 24.1. The number of benzene rings is 3. The van der Waals surface area contributed by atoms with E-state index in [1.165, 1.54) is 25.3 Å². The molecule has 2 N–H and O–H groups in total. The SMILES string of the molecule is COc1ccc(C(=O)NCCCCOc2ccccc2)cc1S(=O)(=O)Nc1ccc(C)cc1. The first-order chi connectivity index (χ1) is 15.9. The number of carbonyl (C=O) groups excluding carboxylic acids is 1. The highest BCUT2D eigenvalue weighted by Crippen LogP contribution is 2.27. The van der Waals surface area contributed by atoms with E-state index in [1.54, 1.807) is 12.1 Å². The third kappa shape index (κ3) is 6.98. The van der Waals surface area contributed by atoms with E-state index in [0.717, 1.165) is 24.2 Å². The minimum atomic E-state index is -3.96. The Morgan fingerprint density at radius 3 is 2.36 bits per heavy atom. The summed E-state index contributed by atoms with van der Waals surface area (Å²) in [5, 5.41) is 2.82. The molecule has 7 nitrogen and oxygen atoms in total. The Kier molecular flexibility index (Phi) is 8.32. The van der Waals surface area contributed by atoms with Crippen molar-refractivity contribution >= 4 is 21.6 Å². The van der Waals surface area contributed by atoms with Crippen LogP contribution in [0.25, 0.3) is 0 Å². The summed E-state index contributed by atoms with van der Waals surface area (Å²) < 4.78 is 39.3. The van der Waals surface area contributed by atoms with Crippen LogP contribution in [0.3, 0.4) is 0 Å². The van der Waals surface area contributed by atoms with Gasteiger partial charge in [-0.25, -0.2) is 8.42 Å². The number of methoxy groups -OCH3 is 1. The second kappa shape index (κ2) is 11.4. The number of aryl methyl sites for hydroxylation is 1. The summed E-state index contributed by atoms with van der Waals surface area (Å²) in [6, 6.07) is 20.9. The van der Waals surface area contributed by atoms with Crippen LogP contribution in [0, 0.1) is 6.92 Å². The molecule has 0 aliphatic heterocycles. The van der Waals surface area contributed by atoms with Gasteiger partial charge in [0.15, 0.2) is 0 Å². The Labute approximate surface area is 194 Å². The van der Waals surface area contributed by atoms with Crippen molar-refractivity contribution in [3.63, 3.8) is 0 Å². The van der Waals surface area contributed by atoms with E-state index in [0.29, 0.717) is 18.8 Å². The molecule has 0 saturated carbocycles. The van der Waals surface area contributed by atoms with E-state index >= 15 is 0 Å². The number of para-hydroxylation sites is 1. The fourth-order valence-corrected chi connectivity index (χ4v) is 4.35. The fraction of sp³-hybridized carbons (Fsp3) is 0.240. The van der Waals surface area contributed by atoms with Gasteiger partial charge in [0, 0.05) is 17.8 Å². The Morgan fingerprint density at radius 2 is 1.67 bits per heavy atom. The Morgan fingerprint density at radius 1 is 0.939 bits per heavy atom. The zero-order valence-electron chi connectivity index (χ0n) is 18.7. The molecule has 1 amide bonds. The van der Waals surface area contributed by atoms with Crippen molar-refractivity contribution in [2.45, 2.75) is 24.7 Å². The maximum Gasteiger partial charge on any atom is 0.265 e. The van der Waals surface area contributed by atoms with Gasteiger partial charge in [0.25, 0.3) is 15.9 Å². The smallest absolute Gasteiger partial charge is 0.265 e. The van der Waals surface area contributed by atoms with Gasteiger partial charge in [-0.1, -0.05) is 35.9 Å². The minimum Gasteiger partial charge on any atom is -0.495 e. The van der Waals surface area contributed by atoms with Crippen LogP contribution >= 0.6 is 0 Å². The standard InChI is InChI=1S/C25H28N2O5S/c1-19-10-13-21(14-11-19)27-33(29,30)24-18-20(12-15-23(24)31-2)25(28)26-16-6-7-17-32-22-8-4-3-5-9-22/h3-5,8-15,18,27H,6-7,16-17H2,1-2H3,(H,26,28). The third-order valence-corrected chi connectivity index (χ3v) is 6.29. The summed E-state index contributed by atoms with van der Waals surface area (Å²) in [6.07, 6.45) is 1.51. The van der Waals surface area contributed by atoms with Crippen molar-refractivity contribution in [3.05, 3.63) is 83.9 Å². The monoisotopic (exact) mass is 468 g/mol. The number of amides is 1. The molecular weight excluding hydrogens is 440 g/mol. The van der Waals surface area contributed by atoms with Crippen LogP contribution in [0.5, 0.6) is 11.5 Å². The van der Waals surface area contributed by atoms with E-state index in [4.69, 9.17) is 9.47 Å². The summed E-state index contributed by atoms with van der Waals surface area (Å²) in [5.41, 5.74) is 1.68. The van der Waals surface area contributed by atoms with E-state index in [-0.39, 0.29) is 22.1 Å². The van der Waals surface area contributed by atoms with Gasteiger partial charge in [-0.15, -0.1) is 0 Å². The number of unbranched alkanes of at least 4 members (excludes halogenated alkanes) is 1. The molecule has 0 fully saturated rings. The van der Waals surface area contributed by atoms with Crippen molar-refractivity contribution in [2.24, 2.45) is 0 Å². The van der Waals surface area contributed by atoms with Gasteiger partial charge in [-0.05, 0) is 62.2 Å². The predicted molar refractivity (Wildman–Crippen MR) is 128 cm³/mol. The zero-order valence-corrected chi connectivity index (χ0v) is 19.5. The van der Waals surface area contributed by atoms with E-state index in [9.17, 15) is 13.2 Å². The average molecular weight is 469 g/mol. The Hall–Kier alpha value is -3.52. The van der Waals surface area contributed by atoms with Gasteiger partial charge >= 0.3 is 0 Å². The van der Waals surface area contributed by atoms with Crippen molar-refractivity contribution in [1.82, 2.24) is 5.32 Å². The van der Waals surface area contributed by atoms with Crippen LogP contribution in [0.2, 0.25) is 0 Å². The number of carbonyl (C=O) groups is 1. The number of hydrogen-bond donors (Lipinski definition) is 2. The maximum atomic E-state index is 13.0. The van der Waals surface area contributed by atoms with Crippen LogP contribution in [-0.2, 0) is 10.0 Å². The Balaban J connectivity index is 1.58. The van der Waals surface area contributed by atoms with Gasteiger partial charge < -0.3 is 14.8 Å². The van der Waals surface area contributed by atoms with Crippen LogP contribution < -0.4 is 19.5 Å². The molecule has 0 saturated heterocycles. The highest BCUT2D eigenvalue weighted by Gasteiger charge is 2.22. The van der Waals surface area contributed by atoms with Gasteiger partial charge in [0.2, 0.25) is 0 Å². The molecule has 0 heterocycles. The summed E-state index contributed by atoms with van der Waals surface area (Å²) >= 11 is 0. The van der Waals surface area contributed by atoms with Crippen LogP contribution in [0.1, 0.15) is 28.8 Å². The van der Waals surface area contributed by atoms with Crippen molar-refractivity contribution in [2.75, 3.05) is 25.0 Å². The average Bonchev–Trinajstić information content (AvgIpc) is 2.82. The molecule has 0 radical (unpaired) electrons. The lowest BCUT2D eigenvalue weighted by atomic mass is 10.2. The first-order valence-corrected chi connectivity index (χ1v) is 12.1. The van der Waals surface area contributed by atoms with Crippen LogP contribution in [-0.4, -0.2) is 34.6 Å². The first-order valence-electron chi connectivity index (χ1n) is 10.6. The van der Waals surface area contributed by atoms with E-state index in [2.05, 4.69) is 10.0 Å². The van der Waals surface area contributed by atoms with E-state index in [1.807, 2.05) is 49.4 Å². The molecule has 0 unspecified atom stereocenters. The molecule has 0 aliphatic carbocycles. The number of hydrogen-bond acceptors (Lipinski definition) is 5. The van der Waals surface area contributed by atoms with Gasteiger partial charge in [-0.3, -0.25) is 9.52 Å². The molecule has 0 bridgehead atoms. The third-order valence-electron chi connectivity index (χ3n) is 4.89. The highest BCUT2D eigenvalue weighted by atomic mass is 32.2. The van der Waals surface area contributed by atoms with E-state index < -0.39 is 10.0 Å². The molecule has 0 spiro atoms. The maximum absolute atomic E-state index is 13.0. The summed E-state index contributed by atoms with van der Waals surface area (Å²) in [7, 11) is -2.57. The summed E-state index contributed by atoms with van der Waals surface area (Å²) in [5.74, 6) is 0.616. The topological polar surface area (TPSA) is 93.7 Å². The number of rotatable bonds is 11. The summed E-state index contributed by atoms with van der Waals surface area (Å²) in [6.45, 7) is 2.92. The number of sulfonamides is 1. The fourth-order valence-electron chi connectivity index (χ4n) is 3.10. The Bertz CT molecular complexity index is 1160. The summed E-state index contributed by atoms with van der Waals surface area (Å²) in [4.78, 5) is 12.5. The molecule has 0 atom stereocenters. The van der Waals surface area contributed by atoms with Crippen LogP contribution in [0.15, 0.2) is 77.7 Å². The molecule has 3 aromatic carbocycles. The molecule has 8 heteroatoms. The second-order valence-electron chi connectivity index (χ2n) is 7.46. The number of nitrogens with one attached hydrogen (secondary N) is 2. The number of ether oxygens (including phenoxy) is 2. The molecule has 3 rings (SSSR count). The number of anilines is 1. The molecule has 0 aromatic heterocycles. The molecular formula is C25H28N2O5S. The lowest BCUT2D eigenvalue weighted by Crippen LogP contribution is -2.25. The van der Waals surface area contributed by atoms with Gasteiger partial charge in [-0.2, -0.15) is 0 Å². The van der Waals surface area contributed by atoms with Crippen molar-refractivity contribution in [1.29, 1.82) is 0 Å². The lowest BCUT2D eigenvalue weighted by Gasteiger charge is -2.13. The molecule has 174 valence electrons. The minimum absolute atomic E-state index is 0.102. The van der Waals surface area contributed by atoms with Crippen LogP contribution in [0.4, 0.5) is 5.69 Å². The largest absolute Gasteiger partial charge is 0.495 e. The zero-order chi connectivity index (χ0) is 23.7. The van der Waals surface area contributed by atoms with Crippen molar-refractivity contribution < 1.29 is 22.7 Å². The normalized spacial score (nSPS) is 11.0. The van der Waals surface area contributed by atoms with Crippen molar-refractivity contribution in [3.8, 4) is 11.5 Å². The van der Waals surface area contributed by atoms with Gasteiger partial charge in [0.1, 0.15) is 16.4 Å². The second-order valence-corrected chi connectivity index (χ2v) is 9.11. The lowest BCUT2D eigenvalue weighted by molar-refractivity contribution is 0.0952.